The number of nitrogens with zero attached hydrogens (tertiary/aromatic N) is 2. The van der Waals surface area contributed by atoms with Gasteiger partial charge in [-0.05, 0) is 55.5 Å². The Kier molecular flexibility index (Phi) is 5.47. The quantitative estimate of drug-likeness (QED) is 0.401. The van der Waals surface area contributed by atoms with Crippen LogP contribution in [0.1, 0.15) is 23.3 Å². The van der Waals surface area contributed by atoms with Gasteiger partial charge in [-0.25, -0.2) is 23.5 Å². The summed E-state index contributed by atoms with van der Waals surface area (Å²) >= 11 is 2.87. The summed E-state index contributed by atoms with van der Waals surface area (Å²) < 4.78 is 22.5. The minimum absolute atomic E-state index is 0.0132. The zero-order valence-corrected chi connectivity index (χ0v) is 17.8. The smallest absolute Gasteiger partial charge is 0.238 e. The molecule has 4 rings (SSSR count). The van der Waals surface area contributed by atoms with E-state index < -0.39 is 10.0 Å². The summed E-state index contributed by atoms with van der Waals surface area (Å²) in [6, 6.07) is 5.65. The Morgan fingerprint density at radius 1 is 1.17 bits per heavy atom. The molecule has 0 aliphatic heterocycles. The molecule has 3 aromatic rings. The average molecular weight is 450 g/mol. The van der Waals surface area contributed by atoms with Crippen molar-refractivity contribution in [3.8, 4) is 0 Å². The lowest BCUT2D eigenvalue weighted by atomic mass is 9.97. The summed E-state index contributed by atoms with van der Waals surface area (Å²) in [5.74, 6) is 0.314. The van der Waals surface area contributed by atoms with Gasteiger partial charge >= 0.3 is 0 Å². The number of amides is 1. The molecule has 11 heteroatoms. The lowest BCUT2D eigenvalue weighted by Crippen LogP contribution is -2.15. The summed E-state index contributed by atoms with van der Waals surface area (Å²) in [6.45, 7) is 0. The van der Waals surface area contributed by atoms with E-state index in [0.717, 1.165) is 29.5 Å². The highest BCUT2D eigenvalue weighted by molar-refractivity contribution is 7.99. The fourth-order valence-electron chi connectivity index (χ4n) is 3.28. The van der Waals surface area contributed by atoms with Crippen LogP contribution in [0.5, 0.6) is 0 Å². The number of thiophene rings is 1. The molecule has 0 fully saturated rings. The van der Waals surface area contributed by atoms with Crippen LogP contribution in [0.3, 0.4) is 0 Å². The van der Waals surface area contributed by atoms with Gasteiger partial charge in [0, 0.05) is 10.6 Å². The molecule has 0 unspecified atom stereocenters. The van der Waals surface area contributed by atoms with Gasteiger partial charge in [0.15, 0.2) is 5.16 Å². The molecule has 0 atom stereocenters. The van der Waals surface area contributed by atoms with Gasteiger partial charge in [0.1, 0.15) is 10.6 Å². The van der Waals surface area contributed by atoms with Crippen LogP contribution in [0, 0.1) is 0 Å². The number of aryl methyl sites for hydroxylation is 2. The molecule has 1 amide bonds. The minimum Gasteiger partial charge on any atom is -0.383 e. The number of sulfonamides is 1. The second kappa shape index (κ2) is 7.90. The van der Waals surface area contributed by atoms with Crippen LogP contribution in [-0.4, -0.2) is 30.0 Å². The predicted octanol–water partition coefficient (Wildman–Crippen LogP) is 2.53. The molecule has 0 saturated heterocycles. The van der Waals surface area contributed by atoms with Crippen LogP contribution >= 0.6 is 23.1 Å². The third-order valence-electron chi connectivity index (χ3n) is 4.62. The van der Waals surface area contributed by atoms with E-state index in [9.17, 15) is 13.2 Å². The van der Waals surface area contributed by atoms with Gasteiger partial charge in [-0.1, -0.05) is 11.8 Å². The molecule has 1 aromatic carbocycles. The largest absolute Gasteiger partial charge is 0.383 e. The average Bonchev–Trinajstić information content (AvgIpc) is 3.05. The first kappa shape index (κ1) is 20.1. The molecule has 2 aromatic heterocycles. The number of hydrogen-bond donors (Lipinski definition) is 3. The SMILES string of the molecule is Nc1nc(SCC(=O)Nc2ccc(S(N)(=O)=O)cc2)nc2sc3c(c12)CCCC3. The van der Waals surface area contributed by atoms with E-state index in [1.54, 1.807) is 11.3 Å². The van der Waals surface area contributed by atoms with Crippen molar-refractivity contribution in [1.82, 2.24) is 9.97 Å². The number of primary sulfonamides is 1. The first-order chi connectivity index (χ1) is 13.8. The molecule has 29 heavy (non-hydrogen) atoms. The van der Waals surface area contributed by atoms with E-state index in [2.05, 4.69) is 15.3 Å². The van der Waals surface area contributed by atoms with E-state index in [0.29, 0.717) is 16.7 Å². The van der Waals surface area contributed by atoms with Crippen molar-refractivity contribution in [3.05, 3.63) is 34.7 Å². The Bertz CT molecular complexity index is 1190. The number of nitrogen functional groups attached to an aromatic ring is 1. The monoisotopic (exact) mass is 449 g/mol. The summed E-state index contributed by atoms with van der Waals surface area (Å²) in [5, 5.41) is 9.20. The number of aromatic nitrogens is 2. The standard InChI is InChI=1S/C18H19N5O3S3/c19-16-15-12-3-1-2-4-13(12)28-17(15)23-18(22-16)27-9-14(24)21-10-5-7-11(8-6-10)29(20,25)26/h5-8H,1-4,9H2,(H,21,24)(H2,19,22,23)(H2,20,25,26). The molecule has 2 heterocycles. The highest BCUT2D eigenvalue weighted by atomic mass is 32.2. The lowest BCUT2D eigenvalue weighted by molar-refractivity contribution is -0.113. The lowest BCUT2D eigenvalue weighted by Gasteiger charge is -2.10. The summed E-state index contributed by atoms with van der Waals surface area (Å²) in [6.07, 6.45) is 4.42. The van der Waals surface area contributed by atoms with Crippen molar-refractivity contribution in [3.63, 3.8) is 0 Å². The van der Waals surface area contributed by atoms with E-state index in [1.807, 2.05) is 0 Å². The van der Waals surface area contributed by atoms with E-state index >= 15 is 0 Å². The second-order valence-corrected chi connectivity index (χ2v) is 10.3. The third kappa shape index (κ3) is 4.37. The number of benzene rings is 1. The van der Waals surface area contributed by atoms with Gasteiger partial charge < -0.3 is 11.1 Å². The number of rotatable bonds is 5. The molecular weight excluding hydrogens is 430 g/mol. The number of thioether (sulfide) groups is 1. The molecule has 1 aliphatic carbocycles. The number of fused-ring (bicyclic) bond motifs is 3. The van der Waals surface area contributed by atoms with Gasteiger partial charge in [0.05, 0.1) is 16.0 Å². The molecule has 1 aliphatic rings. The fourth-order valence-corrected chi connectivity index (χ4v) is 5.78. The maximum atomic E-state index is 12.2. The van der Waals surface area contributed by atoms with Crippen LogP contribution in [-0.2, 0) is 27.7 Å². The van der Waals surface area contributed by atoms with Crippen molar-refractivity contribution in [2.45, 2.75) is 35.7 Å². The zero-order chi connectivity index (χ0) is 20.6. The number of carbonyl (C=O) groups is 1. The number of hydrogen-bond acceptors (Lipinski definition) is 8. The van der Waals surface area contributed by atoms with Gasteiger partial charge in [-0.2, -0.15) is 0 Å². The Morgan fingerprint density at radius 2 is 1.90 bits per heavy atom. The number of nitrogens with one attached hydrogen (secondary N) is 1. The van der Waals surface area contributed by atoms with Crippen molar-refractivity contribution in [1.29, 1.82) is 0 Å². The van der Waals surface area contributed by atoms with Crippen LogP contribution in [0.15, 0.2) is 34.3 Å². The Balaban J connectivity index is 1.43. The van der Waals surface area contributed by atoms with Crippen LogP contribution in [0.4, 0.5) is 11.5 Å². The third-order valence-corrected chi connectivity index (χ3v) is 7.58. The van der Waals surface area contributed by atoms with E-state index in [-0.39, 0.29) is 16.6 Å². The Morgan fingerprint density at radius 3 is 2.62 bits per heavy atom. The molecule has 152 valence electrons. The summed E-state index contributed by atoms with van der Waals surface area (Å²) in [4.78, 5) is 23.4. The summed E-state index contributed by atoms with van der Waals surface area (Å²) in [7, 11) is -3.76. The van der Waals surface area contributed by atoms with Crippen molar-refractivity contribution in [2.75, 3.05) is 16.8 Å². The van der Waals surface area contributed by atoms with Crippen molar-refractivity contribution < 1.29 is 13.2 Å². The molecule has 0 spiro atoms. The first-order valence-corrected chi connectivity index (χ1v) is 12.3. The number of nitrogens with two attached hydrogens (primary N) is 2. The highest BCUT2D eigenvalue weighted by Gasteiger charge is 2.20. The zero-order valence-electron chi connectivity index (χ0n) is 15.3. The van der Waals surface area contributed by atoms with Gasteiger partial charge in [0.2, 0.25) is 15.9 Å². The molecule has 8 nitrogen and oxygen atoms in total. The van der Waals surface area contributed by atoms with Gasteiger partial charge in [-0.3, -0.25) is 4.79 Å². The maximum absolute atomic E-state index is 12.2. The maximum Gasteiger partial charge on any atom is 0.238 e. The number of carbonyl (C=O) groups excluding carboxylic acids is 1. The van der Waals surface area contributed by atoms with E-state index in [4.69, 9.17) is 10.9 Å². The molecular formula is C18H19N5O3S3. The highest BCUT2D eigenvalue weighted by Crippen LogP contribution is 2.38. The molecule has 0 radical (unpaired) electrons. The molecule has 5 N–H and O–H groups in total. The van der Waals surface area contributed by atoms with Crippen LogP contribution in [0.2, 0.25) is 0 Å². The Hall–Kier alpha value is -2.21. The van der Waals surface area contributed by atoms with Crippen molar-refractivity contribution >= 4 is 60.8 Å². The first-order valence-electron chi connectivity index (χ1n) is 8.94. The van der Waals surface area contributed by atoms with E-state index in [1.165, 1.54) is 52.9 Å². The Labute approximate surface area is 176 Å². The second-order valence-electron chi connectivity index (χ2n) is 6.69. The molecule has 0 bridgehead atoms. The number of anilines is 2. The van der Waals surface area contributed by atoms with Crippen LogP contribution in [0.25, 0.3) is 10.2 Å². The van der Waals surface area contributed by atoms with Gasteiger partial charge in [0.25, 0.3) is 0 Å². The van der Waals surface area contributed by atoms with Crippen molar-refractivity contribution in [2.24, 2.45) is 5.14 Å². The van der Waals surface area contributed by atoms with Crippen LogP contribution < -0.4 is 16.2 Å². The fraction of sp³-hybridized carbons (Fsp3) is 0.278. The minimum atomic E-state index is -3.76. The molecule has 0 saturated carbocycles. The predicted molar refractivity (Wildman–Crippen MR) is 116 cm³/mol. The van der Waals surface area contributed by atoms with Gasteiger partial charge in [-0.15, -0.1) is 11.3 Å². The normalized spacial score (nSPS) is 14.0. The topological polar surface area (TPSA) is 141 Å². The summed E-state index contributed by atoms with van der Waals surface area (Å²) in [5.41, 5.74) is 7.95.